The third-order valence-electron chi connectivity index (χ3n) is 1.59. The molecular weight excluding hydrogens is 275 g/mol. The molecule has 0 amide bonds. The fourth-order valence-electron chi connectivity index (χ4n) is 0.905. The zero-order valence-electron chi connectivity index (χ0n) is 6.85. The molecule has 0 aromatic heterocycles. The number of alkyl halides is 1. The van der Waals surface area contributed by atoms with Gasteiger partial charge in [-0.05, 0) is 40.5 Å². The average molecular weight is 282 g/mol. The minimum atomic E-state index is -0.589. The molecule has 0 radical (unpaired) electrons. The Morgan fingerprint density at radius 2 is 2.15 bits per heavy atom. The molecule has 4 heteroatoms. The molecule has 0 aliphatic heterocycles. The molecule has 0 heterocycles. The SMILES string of the molecule is CC(=O)C(Cl)c1ccc(Cl)c(Br)c1. The normalized spacial score (nSPS) is 12.6. The summed E-state index contributed by atoms with van der Waals surface area (Å²) in [6.07, 6.45) is 0. The van der Waals surface area contributed by atoms with Crippen LogP contribution in [0.5, 0.6) is 0 Å². The molecule has 0 bridgehead atoms. The summed E-state index contributed by atoms with van der Waals surface area (Å²) in [4.78, 5) is 11.0. The van der Waals surface area contributed by atoms with Gasteiger partial charge >= 0.3 is 0 Å². The van der Waals surface area contributed by atoms with Crippen LogP contribution < -0.4 is 0 Å². The number of halogens is 3. The molecule has 0 N–H and O–H groups in total. The molecule has 70 valence electrons. The zero-order valence-corrected chi connectivity index (χ0v) is 9.95. The van der Waals surface area contributed by atoms with Crippen LogP contribution in [0, 0.1) is 0 Å². The molecule has 0 aliphatic carbocycles. The molecule has 13 heavy (non-hydrogen) atoms. The molecule has 0 saturated heterocycles. The molecular formula is C9H7BrCl2O. The fraction of sp³-hybridized carbons (Fsp3) is 0.222. The predicted molar refractivity (Wildman–Crippen MR) is 58.4 cm³/mol. The van der Waals surface area contributed by atoms with E-state index in [1.54, 1.807) is 18.2 Å². The number of carbonyl (C=O) groups excluding carboxylic acids is 1. The Labute approximate surface area is 95.2 Å². The first-order chi connectivity index (χ1) is 6.02. The minimum Gasteiger partial charge on any atom is -0.298 e. The lowest BCUT2D eigenvalue weighted by Gasteiger charge is -2.06. The number of hydrogen-bond donors (Lipinski definition) is 0. The van der Waals surface area contributed by atoms with Gasteiger partial charge in [-0.1, -0.05) is 17.7 Å². The molecule has 0 saturated carbocycles. The van der Waals surface area contributed by atoms with Gasteiger partial charge in [-0.2, -0.15) is 0 Å². The van der Waals surface area contributed by atoms with E-state index < -0.39 is 5.38 Å². The fourth-order valence-corrected chi connectivity index (χ4v) is 1.55. The first kappa shape index (κ1) is 11.0. The van der Waals surface area contributed by atoms with Crippen LogP contribution in [0.15, 0.2) is 22.7 Å². The summed E-state index contributed by atoms with van der Waals surface area (Å²) >= 11 is 14.9. The van der Waals surface area contributed by atoms with E-state index in [0.717, 1.165) is 10.0 Å². The maximum Gasteiger partial charge on any atom is 0.152 e. The molecule has 1 rings (SSSR count). The Balaban J connectivity index is 3.03. The second-order valence-corrected chi connectivity index (χ2v) is 4.34. The molecule has 1 unspecified atom stereocenters. The van der Waals surface area contributed by atoms with Crippen molar-refractivity contribution in [2.45, 2.75) is 12.3 Å². The van der Waals surface area contributed by atoms with Gasteiger partial charge in [-0.3, -0.25) is 4.79 Å². The summed E-state index contributed by atoms with van der Waals surface area (Å²) in [7, 11) is 0. The Kier molecular flexibility index (Phi) is 3.77. The maximum atomic E-state index is 11.0. The Hall–Kier alpha value is -0.0500. The van der Waals surface area contributed by atoms with Crippen molar-refractivity contribution in [2.75, 3.05) is 0 Å². The van der Waals surface area contributed by atoms with Crippen LogP contribution in [0.4, 0.5) is 0 Å². The van der Waals surface area contributed by atoms with Gasteiger partial charge < -0.3 is 0 Å². The Morgan fingerprint density at radius 3 is 2.62 bits per heavy atom. The van der Waals surface area contributed by atoms with Crippen molar-refractivity contribution in [1.82, 2.24) is 0 Å². The van der Waals surface area contributed by atoms with Gasteiger partial charge in [-0.15, -0.1) is 11.6 Å². The average Bonchev–Trinajstić information content (AvgIpc) is 2.08. The minimum absolute atomic E-state index is 0.0733. The highest BCUT2D eigenvalue weighted by Crippen LogP contribution is 2.29. The topological polar surface area (TPSA) is 17.1 Å². The highest BCUT2D eigenvalue weighted by Gasteiger charge is 2.13. The smallest absolute Gasteiger partial charge is 0.152 e. The van der Waals surface area contributed by atoms with Gasteiger partial charge in [0.15, 0.2) is 5.78 Å². The van der Waals surface area contributed by atoms with Crippen LogP contribution in [0.3, 0.4) is 0 Å². The van der Waals surface area contributed by atoms with E-state index >= 15 is 0 Å². The first-order valence-electron chi connectivity index (χ1n) is 3.62. The lowest BCUT2D eigenvalue weighted by atomic mass is 10.1. The second-order valence-electron chi connectivity index (χ2n) is 2.65. The largest absolute Gasteiger partial charge is 0.298 e. The quantitative estimate of drug-likeness (QED) is 0.750. The monoisotopic (exact) mass is 280 g/mol. The number of rotatable bonds is 2. The van der Waals surface area contributed by atoms with E-state index in [1.165, 1.54) is 6.92 Å². The van der Waals surface area contributed by atoms with Crippen LogP contribution in [-0.4, -0.2) is 5.78 Å². The van der Waals surface area contributed by atoms with Crippen molar-refractivity contribution in [1.29, 1.82) is 0 Å². The highest BCUT2D eigenvalue weighted by molar-refractivity contribution is 9.10. The summed E-state index contributed by atoms with van der Waals surface area (Å²) in [6, 6.07) is 5.20. The van der Waals surface area contributed by atoms with Crippen LogP contribution >= 0.6 is 39.1 Å². The van der Waals surface area contributed by atoms with Gasteiger partial charge in [0.1, 0.15) is 5.38 Å². The van der Waals surface area contributed by atoms with Gasteiger partial charge in [0, 0.05) is 4.47 Å². The number of hydrogen-bond acceptors (Lipinski definition) is 1. The van der Waals surface area contributed by atoms with Crippen LogP contribution in [0.25, 0.3) is 0 Å². The van der Waals surface area contributed by atoms with Crippen molar-refractivity contribution in [2.24, 2.45) is 0 Å². The van der Waals surface area contributed by atoms with E-state index in [1.807, 2.05) is 0 Å². The number of Topliss-reactive ketones (excluding diaryl/α,β-unsaturated/α-hetero) is 1. The van der Waals surface area contributed by atoms with E-state index in [9.17, 15) is 4.79 Å². The van der Waals surface area contributed by atoms with Crippen LogP contribution in [0.1, 0.15) is 17.9 Å². The summed E-state index contributed by atoms with van der Waals surface area (Å²) < 4.78 is 0.749. The van der Waals surface area contributed by atoms with Crippen molar-refractivity contribution in [3.63, 3.8) is 0 Å². The van der Waals surface area contributed by atoms with Gasteiger partial charge in [0.25, 0.3) is 0 Å². The Morgan fingerprint density at radius 1 is 1.54 bits per heavy atom. The second kappa shape index (κ2) is 4.45. The number of benzene rings is 1. The van der Waals surface area contributed by atoms with Gasteiger partial charge in [0.05, 0.1) is 5.02 Å². The van der Waals surface area contributed by atoms with Gasteiger partial charge in [-0.25, -0.2) is 0 Å². The van der Waals surface area contributed by atoms with E-state index in [2.05, 4.69) is 15.9 Å². The van der Waals surface area contributed by atoms with E-state index in [-0.39, 0.29) is 5.78 Å². The number of carbonyl (C=O) groups is 1. The van der Waals surface area contributed by atoms with E-state index in [4.69, 9.17) is 23.2 Å². The Bertz CT molecular complexity index is 338. The van der Waals surface area contributed by atoms with E-state index in [0.29, 0.717) is 5.02 Å². The molecule has 1 aromatic carbocycles. The third-order valence-corrected chi connectivity index (χ3v) is 3.37. The molecule has 0 aliphatic rings. The molecule has 0 spiro atoms. The number of ketones is 1. The summed E-state index contributed by atoms with van der Waals surface area (Å²) in [5.41, 5.74) is 0.755. The lowest BCUT2D eigenvalue weighted by Crippen LogP contribution is -2.01. The molecule has 1 atom stereocenters. The molecule has 1 nitrogen and oxygen atoms in total. The van der Waals surface area contributed by atoms with Crippen molar-refractivity contribution >= 4 is 44.9 Å². The van der Waals surface area contributed by atoms with Crippen molar-refractivity contribution in [3.05, 3.63) is 33.3 Å². The first-order valence-corrected chi connectivity index (χ1v) is 5.22. The molecule has 1 aromatic rings. The van der Waals surface area contributed by atoms with Crippen molar-refractivity contribution < 1.29 is 4.79 Å². The zero-order chi connectivity index (χ0) is 10.0. The highest BCUT2D eigenvalue weighted by atomic mass is 79.9. The van der Waals surface area contributed by atoms with Crippen LogP contribution in [0.2, 0.25) is 5.02 Å². The van der Waals surface area contributed by atoms with Crippen molar-refractivity contribution in [3.8, 4) is 0 Å². The molecule has 0 fully saturated rings. The summed E-state index contributed by atoms with van der Waals surface area (Å²) in [5.74, 6) is -0.0733. The summed E-state index contributed by atoms with van der Waals surface area (Å²) in [5, 5.41) is 0.0183. The predicted octanol–water partition coefficient (Wildman–Crippen LogP) is 3.97. The standard InChI is InChI=1S/C9H7BrCl2O/c1-5(13)9(12)6-2-3-8(11)7(10)4-6/h2-4,9H,1H3. The van der Waals surface area contributed by atoms with Gasteiger partial charge in [0.2, 0.25) is 0 Å². The van der Waals surface area contributed by atoms with Crippen LogP contribution in [-0.2, 0) is 4.79 Å². The third kappa shape index (κ3) is 2.70. The lowest BCUT2D eigenvalue weighted by molar-refractivity contribution is -0.116. The maximum absolute atomic E-state index is 11.0. The summed E-state index contributed by atoms with van der Waals surface area (Å²) in [6.45, 7) is 1.46.